The summed E-state index contributed by atoms with van der Waals surface area (Å²) in [6, 6.07) is 0. The van der Waals surface area contributed by atoms with Crippen LogP contribution in [0, 0.1) is 6.92 Å². The summed E-state index contributed by atoms with van der Waals surface area (Å²) in [4.78, 5) is 4.49. The molecule has 0 amide bonds. The van der Waals surface area contributed by atoms with E-state index in [1.54, 1.807) is 16.0 Å². The average molecular weight is 300 g/mol. The summed E-state index contributed by atoms with van der Waals surface area (Å²) >= 11 is 1.54. The van der Waals surface area contributed by atoms with Gasteiger partial charge in [-0.2, -0.15) is 5.10 Å². The standard InChI is InChI=1S/C11H16N4O2S2/c1-3-15-7-10(6-12-15)19(16,17)13-5-4-11-14-9(2)8-18-11/h6-8,13H,3-5H2,1-2H3. The van der Waals surface area contributed by atoms with E-state index >= 15 is 0 Å². The van der Waals surface area contributed by atoms with Gasteiger partial charge >= 0.3 is 0 Å². The molecule has 104 valence electrons. The van der Waals surface area contributed by atoms with Crippen molar-refractivity contribution in [3.8, 4) is 0 Å². The molecule has 0 bridgehead atoms. The molecule has 0 aromatic carbocycles. The van der Waals surface area contributed by atoms with Gasteiger partial charge in [-0.15, -0.1) is 11.3 Å². The summed E-state index contributed by atoms with van der Waals surface area (Å²) in [6.45, 7) is 4.81. The van der Waals surface area contributed by atoms with E-state index < -0.39 is 10.0 Å². The third-order valence-corrected chi connectivity index (χ3v) is 4.98. The lowest BCUT2D eigenvalue weighted by molar-refractivity contribution is 0.581. The minimum absolute atomic E-state index is 0.199. The second-order valence-corrected chi connectivity index (χ2v) is 6.77. The van der Waals surface area contributed by atoms with Gasteiger partial charge in [-0.1, -0.05) is 0 Å². The molecular weight excluding hydrogens is 284 g/mol. The number of hydrogen-bond donors (Lipinski definition) is 1. The van der Waals surface area contributed by atoms with Crippen molar-refractivity contribution in [3.63, 3.8) is 0 Å². The summed E-state index contributed by atoms with van der Waals surface area (Å²) in [6.07, 6.45) is 3.48. The third kappa shape index (κ3) is 3.62. The molecule has 1 N–H and O–H groups in total. The molecule has 2 aromatic heterocycles. The van der Waals surface area contributed by atoms with Crippen molar-refractivity contribution in [1.29, 1.82) is 0 Å². The van der Waals surface area contributed by atoms with Crippen molar-refractivity contribution in [2.45, 2.75) is 31.7 Å². The molecule has 2 rings (SSSR count). The molecule has 19 heavy (non-hydrogen) atoms. The largest absolute Gasteiger partial charge is 0.272 e. The van der Waals surface area contributed by atoms with Crippen LogP contribution in [-0.4, -0.2) is 29.7 Å². The van der Waals surface area contributed by atoms with Crippen LogP contribution in [0.25, 0.3) is 0 Å². The maximum Gasteiger partial charge on any atom is 0.243 e. The molecule has 0 fully saturated rings. The highest BCUT2D eigenvalue weighted by molar-refractivity contribution is 7.89. The van der Waals surface area contributed by atoms with Crippen LogP contribution in [0.1, 0.15) is 17.6 Å². The predicted molar refractivity (Wildman–Crippen MR) is 73.6 cm³/mol. The molecular formula is C11H16N4O2S2. The fraction of sp³-hybridized carbons (Fsp3) is 0.455. The molecule has 0 radical (unpaired) electrons. The van der Waals surface area contributed by atoms with E-state index in [2.05, 4.69) is 14.8 Å². The number of thiazole rings is 1. The molecule has 2 heterocycles. The first-order valence-corrected chi connectivity index (χ1v) is 8.30. The van der Waals surface area contributed by atoms with Crippen molar-refractivity contribution in [3.05, 3.63) is 28.5 Å². The highest BCUT2D eigenvalue weighted by Gasteiger charge is 2.15. The fourth-order valence-corrected chi connectivity index (χ4v) is 3.31. The number of aryl methyl sites for hydroxylation is 2. The van der Waals surface area contributed by atoms with E-state index in [9.17, 15) is 8.42 Å². The van der Waals surface area contributed by atoms with Gasteiger partial charge < -0.3 is 0 Å². The number of nitrogens with zero attached hydrogens (tertiary/aromatic N) is 3. The Morgan fingerprint density at radius 3 is 2.84 bits per heavy atom. The van der Waals surface area contributed by atoms with Crippen molar-refractivity contribution < 1.29 is 8.42 Å². The molecule has 0 saturated carbocycles. The second-order valence-electron chi connectivity index (χ2n) is 4.06. The lowest BCUT2D eigenvalue weighted by atomic mass is 10.4. The molecule has 0 aliphatic carbocycles. The van der Waals surface area contributed by atoms with Crippen LogP contribution in [0.3, 0.4) is 0 Å². The Morgan fingerprint density at radius 1 is 1.47 bits per heavy atom. The lowest BCUT2D eigenvalue weighted by Crippen LogP contribution is -2.25. The minimum atomic E-state index is -3.47. The summed E-state index contributed by atoms with van der Waals surface area (Å²) in [5.74, 6) is 0. The molecule has 6 nitrogen and oxygen atoms in total. The predicted octanol–water partition coefficient (Wildman–Crippen LogP) is 1.19. The fourth-order valence-electron chi connectivity index (χ4n) is 1.55. The summed E-state index contributed by atoms with van der Waals surface area (Å²) in [5, 5.41) is 6.85. The Morgan fingerprint density at radius 2 is 2.26 bits per heavy atom. The van der Waals surface area contributed by atoms with Crippen molar-refractivity contribution >= 4 is 21.4 Å². The number of sulfonamides is 1. The molecule has 2 aromatic rings. The van der Waals surface area contributed by atoms with E-state index in [-0.39, 0.29) is 4.90 Å². The zero-order valence-corrected chi connectivity index (χ0v) is 12.5. The van der Waals surface area contributed by atoms with Crippen LogP contribution in [0.5, 0.6) is 0 Å². The van der Waals surface area contributed by atoms with E-state index in [0.29, 0.717) is 19.5 Å². The molecule has 0 unspecified atom stereocenters. The quantitative estimate of drug-likeness (QED) is 0.869. The highest BCUT2D eigenvalue weighted by Crippen LogP contribution is 2.10. The number of rotatable bonds is 6. The van der Waals surface area contributed by atoms with Crippen LogP contribution in [0.4, 0.5) is 0 Å². The summed E-state index contributed by atoms with van der Waals surface area (Å²) in [7, 11) is -3.47. The van der Waals surface area contributed by atoms with E-state index in [1.807, 2.05) is 19.2 Å². The smallest absolute Gasteiger partial charge is 0.243 e. The highest BCUT2D eigenvalue weighted by atomic mass is 32.2. The van der Waals surface area contributed by atoms with E-state index in [1.165, 1.54) is 12.4 Å². The molecule has 0 aliphatic rings. The normalized spacial score (nSPS) is 11.9. The average Bonchev–Trinajstić information content (AvgIpc) is 2.98. The topological polar surface area (TPSA) is 76.9 Å². The summed E-state index contributed by atoms with van der Waals surface area (Å²) < 4.78 is 28.1. The Balaban J connectivity index is 1.94. The van der Waals surface area contributed by atoms with Gasteiger partial charge in [0, 0.05) is 36.8 Å². The van der Waals surface area contributed by atoms with E-state index in [0.717, 1.165) is 10.7 Å². The van der Waals surface area contributed by atoms with E-state index in [4.69, 9.17) is 0 Å². The van der Waals surface area contributed by atoms with Crippen LogP contribution in [0.15, 0.2) is 22.7 Å². The number of aromatic nitrogens is 3. The summed E-state index contributed by atoms with van der Waals surface area (Å²) in [5.41, 5.74) is 0.965. The Hall–Kier alpha value is -1.25. The number of nitrogens with one attached hydrogen (secondary N) is 1. The first-order valence-electron chi connectivity index (χ1n) is 5.94. The first kappa shape index (κ1) is 14.2. The molecule has 0 spiro atoms. The van der Waals surface area contributed by atoms with Gasteiger partial charge in [0.1, 0.15) is 4.90 Å². The van der Waals surface area contributed by atoms with Gasteiger partial charge in [-0.25, -0.2) is 18.1 Å². The molecule has 0 aliphatic heterocycles. The zero-order valence-electron chi connectivity index (χ0n) is 10.8. The Labute approximate surface area is 116 Å². The van der Waals surface area contributed by atoms with Gasteiger partial charge in [-0.05, 0) is 13.8 Å². The molecule has 0 saturated heterocycles. The first-order chi connectivity index (χ1) is 9.01. The Bertz CT molecular complexity index is 645. The number of hydrogen-bond acceptors (Lipinski definition) is 5. The second kappa shape index (κ2) is 5.81. The maximum atomic E-state index is 12.0. The molecule has 0 atom stereocenters. The van der Waals surface area contributed by atoms with Crippen molar-refractivity contribution in [2.75, 3.05) is 6.54 Å². The zero-order chi connectivity index (χ0) is 13.9. The minimum Gasteiger partial charge on any atom is -0.272 e. The SMILES string of the molecule is CCn1cc(S(=O)(=O)NCCc2nc(C)cs2)cn1. The van der Waals surface area contributed by atoms with Crippen molar-refractivity contribution in [1.82, 2.24) is 19.5 Å². The van der Waals surface area contributed by atoms with Crippen LogP contribution >= 0.6 is 11.3 Å². The Kier molecular flexibility index (Phi) is 4.33. The molecule has 8 heteroatoms. The van der Waals surface area contributed by atoms with Gasteiger partial charge in [-0.3, -0.25) is 4.68 Å². The van der Waals surface area contributed by atoms with Crippen molar-refractivity contribution in [2.24, 2.45) is 0 Å². The van der Waals surface area contributed by atoms with Gasteiger partial charge in [0.25, 0.3) is 0 Å². The third-order valence-electron chi connectivity index (χ3n) is 2.54. The van der Waals surface area contributed by atoms with Gasteiger partial charge in [0.2, 0.25) is 10.0 Å². The van der Waals surface area contributed by atoms with Crippen LogP contribution in [-0.2, 0) is 23.0 Å². The van der Waals surface area contributed by atoms with Gasteiger partial charge in [0.05, 0.1) is 11.2 Å². The monoisotopic (exact) mass is 300 g/mol. The lowest BCUT2D eigenvalue weighted by Gasteiger charge is -2.02. The van der Waals surface area contributed by atoms with Crippen LogP contribution < -0.4 is 4.72 Å². The maximum absolute atomic E-state index is 12.0. The van der Waals surface area contributed by atoms with Gasteiger partial charge in [0.15, 0.2) is 0 Å². The van der Waals surface area contributed by atoms with Crippen LogP contribution in [0.2, 0.25) is 0 Å².